The van der Waals surface area contributed by atoms with Gasteiger partial charge in [0.15, 0.2) is 0 Å². The summed E-state index contributed by atoms with van der Waals surface area (Å²) in [4.78, 5) is 2.02. The largest absolute Gasteiger partial charge is 0.394 e. The van der Waals surface area contributed by atoms with Crippen LogP contribution >= 0.6 is 11.3 Å². The Morgan fingerprint density at radius 3 is 2.42 bits per heavy atom. The topological polar surface area (TPSA) is 81.1 Å². The normalized spacial score (nSPS) is 19.7. The number of hydrogen-bond donors (Lipinski definition) is 2. The molecule has 26 heavy (non-hydrogen) atoms. The number of aliphatic hydroxyl groups excluding tert-OH is 1. The lowest BCUT2D eigenvalue weighted by Crippen LogP contribution is -2.56. The number of aliphatic hydroxyl groups is 2. The van der Waals surface area contributed by atoms with Crippen molar-refractivity contribution in [2.24, 2.45) is 0 Å². The minimum Gasteiger partial charge on any atom is -0.394 e. The molecule has 1 aliphatic heterocycles. The second-order valence-corrected chi connectivity index (χ2v) is 10.0. The molecule has 1 aliphatic rings. The molecule has 0 spiro atoms. The zero-order valence-corrected chi connectivity index (χ0v) is 16.5. The first-order valence-electron chi connectivity index (χ1n) is 8.47. The Bertz CT molecular complexity index is 827. The third-order valence-corrected chi connectivity index (χ3v) is 7.89. The van der Waals surface area contributed by atoms with Crippen LogP contribution in [0.2, 0.25) is 0 Å². The molecule has 0 bridgehead atoms. The Morgan fingerprint density at radius 1 is 1.19 bits per heavy atom. The quantitative estimate of drug-likeness (QED) is 0.806. The van der Waals surface area contributed by atoms with Crippen molar-refractivity contribution in [1.82, 2.24) is 4.31 Å². The molecule has 1 aromatic heterocycles. The van der Waals surface area contributed by atoms with Crippen LogP contribution < -0.4 is 4.90 Å². The van der Waals surface area contributed by atoms with Gasteiger partial charge in [-0.05, 0) is 43.0 Å². The first-order valence-corrected chi connectivity index (χ1v) is 10.8. The van der Waals surface area contributed by atoms with Crippen molar-refractivity contribution in [2.75, 3.05) is 31.1 Å². The van der Waals surface area contributed by atoms with Gasteiger partial charge in [0.1, 0.15) is 4.21 Å². The van der Waals surface area contributed by atoms with Crippen molar-refractivity contribution in [2.45, 2.75) is 29.7 Å². The van der Waals surface area contributed by atoms with Gasteiger partial charge < -0.3 is 15.1 Å². The summed E-state index contributed by atoms with van der Waals surface area (Å²) in [5, 5.41) is 21.6. The van der Waals surface area contributed by atoms with Gasteiger partial charge in [0, 0.05) is 25.3 Å². The Morgan fingerprint density at radius 2 is 1.88 bits per heavy atom. The standard InChI is InChI=1S/C18H24N2O4S2/c1-18(2,22)14-5-7-15(8-6-14)20-10-9-19(12-16(20)13-21)26(23,24)17-4-3-11-25-17/h3-8,11,16,21-22H,9-10,12-13H2,1-2H3/t16-/m0/s1. The van der Waals surface area contributed by atoms with E-state index in [0.29, 0.717) is 17.3 Å². The highest BCUT2D eigenvalue weighted by atomic mass is 32.2. The SMILES string of the molecule is CC(C)(O)c1ccc(N2CCN(S(=O)(=O)c3cccs3)C[C@H]2CO)cc1. The lowest BCUT2D eigenvalue weighted by Gasteiger charge is -2.41. The molecule has 6 nitrogen and oxygen atoms in total. The van der Waals surface area contributed by atoms with E-state index in [4.69, 9.17) is 0 Å². The van der Waals surface area contributed by atoms with E-state index in [-0.39, 0.29) is 19.2 Å². The van der Waals surface area contributed by atoms with Crippen molar-refractivity contribution >= 4 is 27.0 Å². The summed E-state index contributed by atoms with van der Waals surface area (Å²) in [6.45, 7) is 4.43. The first-order chi connectivity index (χ1) is 12.2. The molecule has 0 aliphatic carbocycles. The zero-order chi connectivity index (χ0) is 18.9. The summed E-state index contributed by atoms with van der Waals surface area (Å²) in [6.07, 6.45) is 0. The molecule has 0 radical (unpaired) electrons. The molecule has 2 heterocycles. The third kappa shape index (κ3) is 3.79. The van der Waals surface area contributed by atoms with Crippen molar-refractivity contribution in [3.8, 4) is 0 Å². The predicted molar refractivity (Wildman–Crippen MR) is 103 cm³/mol. The molecule has 8 heteroatoms. The van der Waals surface area contributed by atoms with Crippen LogP contribution in [0, 0.1) is 0 Å². The fourth-order valence-electron chi connectivity index (χ4n) is 3.14. The average molecular weight is 397 g/mol. The molecule has 1 saturated heterocycles. The molecule has 0 amide bonds. The van der Waals surface area contributed by atoms with Crippen LogP contribution in [0.5, 0.6) is 0 Å². The van der Waals surface area contributed by atoms with Gasteiger partial charge in [-0.25, -0.2) is 8.42 Å². The predicted octanol–water partition coefficient (Wildman–Crippen LogP) is 1.85. The van der Waals surface area contributed by atoms with Gasteiger partial charge in [-0.3, -0.25) is 0 Å². The number of anilines is 1. The second kappa shape index (κ2) is 7.28. The van der Waals surface area contributed by atoms with Crippen molar-refractivity contribution in [3.63, 3.8) is 0 Å². The fourth-order valence-corrected chi connectivity index (χ4v) is 5.75. The van der Waals surface area contributed by atoms with E-state index in [1.54, 1.807) is 31.4 Å². The fraction of sp³-hybridized carbons (Fsp3) is 0.444. The molecule has 3 rings (SSSR count). The number of piperazine rings is 1. The van der Waals surface area contributed by atoms with Crippen molar-refractivity contribution < 1.29 is 18.6 Å². The highest BCUT2D eigenvalue weighted by molar-refractivity contribution is 7.91. The minimum atomic E-state index is -3.51. The van der Waals surface area contributed by atoms with E-state index < -0.39 is 15.6 Å². The van der Waals surface area contributed by atoms with E-state index in [2.05, 4.69) is 0 Å². The molecule has 142 valence electrons. The smallest absolute Gasteiger partial charge is 0.252 e. The highest BCUT2D eigenvalue weighted by Gasteiger charge is 2.34. The molecule has 1 fully saturated rings. The second-order valence-electron chi connectivity index (χ2n) is 6.93. The number of thiophene rings is 1. The summed E-state index contributed by atoms with van der Waals surface area (Å²) in [6, 6.07) is 10.5. The van der Waals surface area contributed by atoms with E-state index in [1.807, 2.05) is 29.2 Å². The van der Waals surface area contributed by atoms with E-state index >= 15 is 0 Å². The van der Waals surface area contributed by atoms with Crippen molar-refractivity contribution in [1.29, 1.82) is 0 Å². The van der Waals surface area contributed by atoms with E-state index in [1.165, 1.54) is 15.6 Å². The average Bonchev–Trinajstić information content (AvgIpc) is 3.16. The van der Waals surface area contributed by atoms with Crippen LogP contribution in [0.1, 0.15) is 19.4 Å². The van der Waals surface area contributed by atoms with Crippen LogP contribution in [-0.4, -0.2) is 55.2 Å². The van der Waals surface area contributed by atoms with Crippen LogP contribution in [0.3, 0.4) is 0 Å². The van der Waals surface area contributed by atoms with E-state index in [0.717, 1.165) is 11.3 Å². The number of rotatable bonds is 5. The summed E-state index contributed by atoms with van der Waals surface area (Å²) in [7, 11) is -3.51. The summed E-state index contributed by atoms with van der Waals surface area (Å²) < 4.78 is 27.2. The Labute approximate surface area is 158 Å². The van der Waals surface area contributed by atoms with Crippen molar-refractivity contribution in [3.05, 3.63) is 47.3 Å². The van der Waals surface area contributed by atoms with Crippen LogP contribution in [0.4, 0.5) is 5.69 Å². The first kappa shape index (κ1) is 19.3. The monoisotopic (exact) mass is 396 g/mol. The molecule has 0 saturated carbocycles. The Kier molecular flexibility index (Phi) is 5.41. The van der Waals surface area contributed by atoms with Gasteiger partial charge in [-0.2, -0.15) is 4.31 Å². The molecule has 0 unspecified atom stereocenters. The summed E-state index contributed by atoms with van der Waals surface area (Å²) >= 11 is 1.20. The molecule has 2 aromatic rings. The third-order valence-electron chi connectivity index (χ3n) is 4.65. The van der Waals surface area contributed by atoms with Crippen LogP contribution in [-0.2, 0) is 15.6 Å². The lowest BCUT2D eigenvalue weighted by molar-refractivity contribution is 0.0786. The molecule has 1 atom stereocenters. The van der Waals surface area contributed by atoms with E-state index in [9.17, 15) is 18.6 Å². The molecule has 2 N–H and O–H groups in total. The molecule has 1 aromatic carbocycles. The highest BCUT2D eigenvalue weighted by Crippen LogP contribution is 2.28. The molecular weight excluding hydrogens is 372 g/mol. The number of nitrogens with zero attached hydrogens (tertiary/aromatic N) is 2. The lowest BCUT2D eigenvalue weighted by atomic mass is 9.98. The van der Waals surface area contributed by atoms with Gasteiger partial charge in [-0.15, -0.1) is 11.3 Å². The van der Waals surface area contributed by atoms with Crippen LogP contribution in [0.25, 0.3) is 0 Å². The van der Waals surface area contributed by atoms with Gasteiger partial charge in [0.25, 0.3) is 10.0 Å². The maximum Gasteiger partial charge on any atom is 0.252 e. The Hall–Kier alpha value is -1.45. The summed E-state index contributed by atoms with van der Waals surface area (Å²) in [5.74, 6) is 0. The van der Waals surface area contributed by atoms with Gasteiger partial charge in [0.2, 0.25) is 0 Å². The zero-order valence-electron chi connectivity index (χ0n) is 14.9. The van der Waals surface area contributed by atoms with Gasteiger partial charge in [-0.1, -0.05) is 18.2 Å². The summed E-state index contributed by atoms with van der Waals surface area (Å²) in [5.41, 5.74) is 0.800. The Balaban J connectivity index is 1.78. The number of benzene rings is 1. The minimum absolute atomic E-state index is 0.135. The number of hydrogen-bond acceptors (Lipinski definition) is 6. The van der Waals surface area contributed by atoms with Crippen LogP contribution in [0.15, 0.2) is 46.0 Å². The maximum absolute atomic E-state index is 12.7. The maximum atomic E-state index is 12.7. The molecular formula is C18H24N2O4S2. The number of sulfonamides is 1. The van der Waals surface area contributed by atoms with Gasteiger partial charge >= 0.3 is 0 Å². The van der Waals surface area contributed by atoms with Gasteiger partial charge in [0.05, 0.1) is 18.2 Å².